The first kappa shape index (κ1) is 31.3. The number of rotatable bonds is 11. The van der Waals surface area contributed by atoms with Gasteiger partial charge in [-0.3, -0.25) is 9.69 Å². The van der Waals surface area contributed by atoms with Gasteiger partial charge in [0.15, 0.2) is 11.5 Å². The van der Waals surface area contributed by atoms with Crippen LogP contribution in [0.3, 0.4) is 0 Å². The van der Waals surface area contributed by atoms with Crippen LogP contribution in [0.5, 0.6) is 11.5 Å². The summed E-state index contributed by atoms with van der Waals surface area (Å²) in [7, 11) is 1.24. The molecule has 0 radical (unpaired) electrons. The number of hydrogen-bond donors (Lipinski definition) is 2. The number of piperazine rings is 1. The van der Waals surface area contributed by atoms with Crippen molar-refractivity contribution in [3.05, 3.63) is 93.5 Å². The zero-order valence-corrected chi connectivity index (χ0v) is 24.9. The Balaban J connectivity index is 1.61. The molecule has 1 aliphatic heterocycles. The van der Waals surface area contributed by atoms with E-state index in [1.54, 1.807) is 30.3 Å². The molecule has 1 heterocycles. The van der Waals surface area contributed by atoms with Gasteiger partial charge < -0.3 is 24.8 Å². The van der Waals surface area contributed by atoms with Crippen molar-refractivity contribution in [2.24, 2.45) is 0 Å². The van der Waals surface area contributed by atoms with E-state index < -0.39 is 23.9 Å². The van der Waals surface area contributed by atoms with Gasteiger partial charge >= 0.3 is 11.9 Å². The third-order valence-corrected chi connectivity index (χ3v) is 7.38. The lowest BCUT2D eigenvalue weighted by atomic mass is 10.1. The molecule has 1 unspecified atom stereocenters. The zero-order chi connectivity index (χ0) is 30.1. The molecule has 0 spiro atoms. The van der Waals surface area contributed by atoms with Crippen molar-refractivity contribution < 1.29 is 28.6 Å². The van der Waals surface area contributed by atoms with E-state index >= 15 is 0 Å². The van der Waals surface area contributed by atoms with Gasteiger partial charge in [-0.15, -0.1) is 0 Å². The van der Waals surface area contributed by atoms with Gasteiger partial charge in [0.1, 0.15) is 17.7 Å². The average molecular weight is 615 g/mol. The highest BCUT2D eigenvalue weighted by molar-refractivity contribution is 6.39. The summed E-state index contributed by atoms with van der Waals surface area (Å²) < 4.78 is 16.6. The first-order chi connectivity index (χ1) is 20.3. The third-order valence-electron chi connectivity index (χ3n) is 6.76. The Hall–Kier alpha value is -3.63. The molecule has 3 aromatic rings. The molecule has 9 nitrogen and oxygen atoms in total. The third kappa shape index (κ3) is 8.23. The Bertz CT molecular complexity index is 1390. The monoisotopic (exact) mass is 613 g/mol. The second kappa shape index (κ2) is 15.0. The fourth-order valence-corrected chi connectivity index (χ4v) is 5.23. The van der Waals surface area contributed by atoms with Gasteiger partial charge in [0.05, 0.1) is 23.3 Å². The first-order valence-electron chi connectivity index (χ1n) is 13.6. The standard InChI is InChI=1S/C31H33Cl2N3O6/c1-20-19-36(14-13-34-20)15-16-41-28-24(32)18-23(27(26(28)33)42-30(38)22-11-7-4-8-12-22)29(37)35-25(31(39)40-2)17-21-9-5-3-6-10-21/h3-12,18,20,25,34H,13-17,19H2,1-2H3,(H,35,37)/t20?,25-/m1/s1. The molecular formula is C31H33Cl2N3O6. The minimum Gasteiger partial charge on any atom is -0.489 e. The first-order valence-corrected chi connectivity index (χ1v) is 14.3. The van der Waals surface area contributed by atoms with E-state index in [2.05, 4.69) is 22.5 Å². The van der Waals surface area contributed by atoms with Crippen molar-refractivity contribution in [2.45, 2.75) is 25.4 Å². The molecule has 222 valence electrons. The van der Waals surface area contributed by atoms with E-state index in [0.717, 1.165) is 25.2 Å². The number of nitrogens with zero attached hydrogens (tertiary/aromatic N) is 1. The minimum atomic E-state index is -1.03. The number of halogens is 2. The number of esters is 2. The smallest absolute Gasteiger partial charge is 0.343 e. The number of hydrogen-bond acceptors (Lipinski definition) is 8. The Labute approximate surface area is 255 Å². The molecule has 2 N–H and O–H groups in total. The molecule has 0 aromatic heterocycles. The summed E-state index contributed by atoms with van der Waals surface area (Å²) in [4.78, 5) is 41.5. The molecule has 0 aliphatic carbocycles. The molecule has 4 rings (SSSR count). The van der Waals surface area contributed by atoms with Gasteiger partial charge in [-0.05, 0) is 30.7 Å². The zero-order valence-electron chi connectivity index (χ0n) is 23.4. The van der Waals surface area contributed by atoms with Crippen molar-refractivity contribution >= 4 is 41.0 Å². The normalized spacial score (nSPS) is 15.9. The van der Waals surface area contributed by atoms with Crippen LogP contribution in [-0.4, -0.2) is 74.7 Å². The molecular weight excluding hydrogens is 581 g/mol. The number of carbonyl (C=O) groups excluding carboxylic acids is 3. The largest absolute Gasteiger partial charge is 0.489 e. The van der Waals surface area contributed by atoms with Crippen molar-refractivity contribution in [3.63, 3.8) is 0 Å². The number of amides is 1. The molecule has 1 saturated heterocycles. The molecule has 42 heavy (non-hydrogen) atoms. The Morgan fingerprint density at radius 3 is 2.40 bits per heavy atom. The van der Waals surface area contributed by atoms with Crippen LogP contribution >= 0.6 is 23.2 Å². The van der Waals surface area contributed by atoms with Gasteiger partial charge in [-0.25, -0.2) is 9.59 Å². The van der Waals surface area contributed by atoms with Gasteiger partial charge in [0.2, 0.25) is 0 Å². The maximum absolute atomic E-state index is 13.6. The molecule has 0 bridgehead atoms. The highest BCUT2D eigenvalue weighted by atomic mass is 35.5. The number of carbonyl (C=O) groups is 3. The maximum atomic E-state index is 13.6. The Morgan fingerprint density at radius 1 is 1.05 bits per heavy atom. The van der Waals surface area contributed by atoms with E-state index in [4.69, 9.17) is 37.4 Å². The fourth-order valence-electron chi connectivity index (χ4n) is 4.62. The van der Waals surface area contributed by atoms with Crippen LogP contribution in [0.15, 0.2) is 66.7 Å². The summed E-state index contributed by atoms with van der Waals surface area (Å²) >= 11 is 13.3. The molecule has 3 aromatic carbocycles. The molecule has 0 saturated carbocycles. The number of benzene rings is 3. The lowest BCUT2D eigenvalue weighted by Crippen LogP contribution is -2.50. The van der Waals surface area contributed by atoms with Gasteiger partial charge in [-0.1, -0.05) is 71.7 Å². The van der Waals surface area contributed by atoms with Crippen molar-refractivity contribution in [2.75, 3.05) is 39.9 Å². The van der Waals surface area contributed by atoms with E-state index in [-0.39, 0.29) is 45.7 Å². The highest BCUT2D eigenvalue weighted by Gasteiger charge is 2.29. The SMILES string of the molecule is COC(=O)[C@@H](Cc1ccccc1)NC(=O)c1cc(Cl)c(OCCN2CCNC(C)C2)c(Cl)c1OC(=O)c1ccccc1. The Kier molecular flexibility index (Phi) is 11.2. The summed E-state index contributed by atoms with van der Waals surface area (Å²) in [5.74, 6) is -2.26. The second-order valence-corrected chi connectivity index (χ2v) is 10.7. The molecule has 1 aliphatic rings. The number of nitrogens with one attached hydrogen (secondary N) is 2. The van der Waals surface area contributed by atoms with Gasteiger partial charge in [-0.2, -0.15) is 0 Å². The minimum absolute atomic E-state index is 0.0519. The molecule has 1 amide bonds. The second-order valence-electron chi connectivity index (χ2n) is 9.88. The van der Waals surface area contributed by atoms with E-state index in [1.807, 2.05) is 30.3 Å². The fraction of sp³-hybridized carbons (Fsp3) is 0.323. The molecule has 2 atom stereocenters. The van der Waals surface area contributed by atoms with Crippen LogP contribution in [0.1, 0.15) is 33.2 Å². The van der Waals surface area contributed by atoms with Gasteiger partial charge in [0, 0.05) is 38.6 Å². The van der Waals surface area contributed by atoms with Crippen LogP contribution in [0.2, 0.25) is 10.0 Å². The lowest BCUT2D eigenvalue weighted by molar-refractivity contribution is -0.142. The topological polar surface area (TPSA) is 106 Å². The van der Waals surface area contributed by atoms with Crippen LogP contribution in [0.4, 0.5) is 0 Å². The maximum Gasteiger partial charge on any atom is 0.343 e. The molecule has 11 heteroatoms. The van der Waals surface area contributed by atoms with Crippen LogP contribution in [-0.2, 0) is 16.0 Å². The summed E-state index contributed by atoms with van der Waals surface area (Å²) in [6.07, 6.45) is 0.172. The summed E-state index contributed by atoms with van der Waals surface area (Å²) in [6.45, 7) is 5.63. The van der Waals surface area contributed by atoms with Crippen molar-refractivity contribution in [1.29, 1.82) is 0 Å². The Morgan fingerprint density at radius 2 is 1.74 bits per heavy atom. The van der Waals surface area contributed by atoms with Crippen LogP contribution in [0, 0.1) is 0 Å². The quantitative estimate of drug-likeness (QED) is 0.242. The summed E-state index contributed by atoms with van der Waals surface area (Å²) in [5.41, 5.74) is 0.920. The number of ether oxygens (including phenoxy) is 3. The highest BCUT2D eigenvalue weighted by Crippen LogP contribution is 2.43. The summed E-state index contributed by atoms with van der Waals surface area (Å²) in [6, 6.07) is 18.1. The van der Waals surface area contributed by atoms with Crippen molar-refractivity contribution in [1.82, 2.24) is 15.5 Å². The summed E-state index contributed by atoms with van der Waals surface area (Å²) in [5, 5.41) is 5.98. The predicted molar refractivity (Wildman–Crippen MR) is 161 cm³/mol. The van der Waals surface area contributed by atoms with Crippen LogP contribution in [0.25, 0.3) is 0 Å². The van der Waals surface area contributed by atoms with E-state index in [0.29, 0.717) is 12.6 Å². The van der Waals surface area contributed by atoms with Crippen molar-refractivity contribution in [3.8, 4) is 11.5 Å². The predicted octanol–water partition coefficient (Wildman–Crippen LogP) is 4.40. The van der Waals surface area contributed by atoms with E-state index in [9.17, 15) is 14.4 Å². The van der Waals surface area contributed by atoms with E-state index in [1.165, 1.54) is 13.2 Å². The van der Waals surface area contributed by atoms with Crippen LogP contribution < -0.4 is 20.1 Å². The molecule has 1 fully saturated rings. The van der Waals surface area contributed by atoms with Gasteiger partial charge in [0.25, 0.3) is 5.91 Å². The average Bonchev–Trinajstić information content (AvgIpc) is 3.00. The number of methoxy groups -OCH3 is 1. The lowest BCUT2D eigenvalue weighted by Gasteiger charge is -2.31.